The van der Waals surface area contributed by atoms with Gasteiger partial charge in [0.05, 0.1) is 11.4 Å². The lowest BCUT2D eigenvalue weighted by molar-refractivity contribution is -0.135. The molecular weight excluding hydrogens is 310 g/mol. The fourth-order valence-corrected chi connectivity index (χ4v) is 3.46. The number of thiophene rings is 1. The molecule has 0 saturated carbocycles. The number of carbonyl (C=O) groups is 1. The van der Waals surface area contributed by atoms with E-state index in [1.165, 1.54) is 0 Å². The van der Waals surface area contributed by atoms with Gasteiger partial charge in [-0.2, -0.15) is 0 Å². The molecule has 3 rings (SSSR count). The summed E-state index contributed by atoms with van der Waals surface area (Å²) >= 11 is 1.62. The van der Waals surface area contributed by atoms with Crippen LogP contribution < -0.4 is 10.6 Å². The third-order valence-corrected chi connectivity index (χ3v) is 5.15. The van der Waals surface area contributed by atoms with Gasteiger partial charge >= 0.3 is 0 Å². The van der Waals surface area contributed by atoms with Crippen LogP contribution in [0.1, 0.15) is 20.8 Å². The summed E-state index contributed by atoms with van der Waals surface area (Å²) in [5.74, 6) is 1.00. The van der Waals surface area contributed by atoms with Crippen LogP contribution >= 0.6 is 11.3 Å². The standard InChI is InChI=1S/C16H23N5OS/c1-16(2,3)12(17)15(22)21-7-5-20(6-8-21)13-11-4-9-23-14(11)19-10-18-13/h4,9-10,12H,5-8,17H2,1-3H3/t12-/m1/s1. The third-order valence-electron chi connectivity index (χ3n) is 4.33. The molecule has 1 atom stereocenters. The molecule has 0 bridgehead atoms. The zero-order valence-electron chi connectivity index (χ0n) is 13.8. The SMILES string of the molecule is CC(C)(C)[C@H](N)C(=O)N1CCN(c2ncnc3sccc23)CC1. The lowest BCUT2D eigenvalue weighted by Gasteiger charge is -2.38. The van der Waals surface area contributed by atoms with Gasteiger partial charge in [0.2, 0.25) is 5.91 Å². The summed E-state index contributed by atoms with van der Waals surface area (Å²) in [6.07, 6.45) is 1.61. The minimum absolute atomic E-state index is 0.0421. The topological polar surface area (TPSA) is 75.4 Å². The smallest absolute Gasteiger partial charge is 0.240 e. The normalized spacial score (nSPS) is 17.6. The van der Waals surface area contributed by atoms with Crippen molar-refractivity contribution in [2.45, 2.75) is 26.8 Å². The predicted molar refractivity (Wildman–Crippen MR) is 93.6 cm³/mol. The minimum Gasteiger partial charge on any atom is -0.352 e. The molecule has 3 heterocycles. The number of hydrogen-bond acceptors (Lipinski definition) is 6. The summed E-state index contributed by atoms with van der Waals surface area (Å²) in [5.41, 5.74) is 5.89. The monoisotopic (exact) mass is 333 g/mol. The number of rotatable bonds is 2. The Morgan fingerprint density at radius 1 is 1.26 bits per heavy atom. The first-order valence-corrected chi connectivity index (χ1v) is 8.73. The van der Waals surface area contributed by atoms with Crippen LogP contribution in [0.25, 0.3) is 10.2 Å². The van der Waals surface area contributed by atoms with E-state index in [2.05, 4.69) is 20.9 Å². The Morgan fingerprint density at radius 2 is 1.96 bits per heavy atom. The highest BCUT2D eigenvalue weighted by molar-refractivity contribution is 7.16. The number of anilines is 1. The average Bonchev–Trinajstić information content (AvgIpc) is 3.01. The first kappa shape index (κ1) is 16.1. The van der Waals surface area contributed by atoms with Crippen molar-refractivity contribution in [2.24, 2.45) is 11.1 Å². The molecule has 1 fully saturated rings. The van der Waals surface area contributed by atoms with Gasteiger partial charge in [-0.05, 0) is 16.9 Å². The van der Waals surface area contributed by atoms with E-state index in [0.29, 0.717) is 13.1 Å². The second kappa shape index (κ2) is 6.05. The van der Waals surface area contributed by atoms with Gasteiger partial charge in [0.15, 0.2) is 0 Å². The highest BCUT2D eigenvalue weighted by Crippen LogP contribution is 2.27. The van der Waals surface area contributed by atoms with Gasteiger partial charge in [0, 0.05) is 26.2 Å². The second-order valence-corrected chi connectivity index (χ2v) is 7.89. The molecule has 0 radical (unpaired) electrons. The zero-order valence-corrected chi connectivity index (χ0v) is 14.6. The Morgan fingerprint density at radius 3 is 2.61 bits per heavy atom. The molecule has 2 aromatic rings. The van der Waals surface area contributed by atoms with E-state index in [4.69, 9.17) is 5.73 Å². The number of nitrogens with two attached hydrogens (primary N) is 1. The summed E-state index contributed by atoms with van der Waals surface area (Å²) in [6, 6.07) is 1.60. The maximum absolute atomic E-state index is 12.5. The summed E-state index contributed by atoms with van der Waals surface area (Å²) in [6.45, 7) is 8.89. The van der Waals surface area contributed by atoms with Gasteiger partial charge in [0.1, 0.15) is 17.0 Å². The van der Waals surface area contributed by atoms with Crippen LogP contribution in [0, 0.1) is 5.41 Å². The van der Waals surface area contributed by atoms with Crippen molar-refractivity contribution in [1.82, 2.24) is 14.9 Å². The minimum atomic E-state index is -0.461. The molecule has 1 aliphatic heterocycles. The Balaban J connectivity index is 1.69. The molecule has 1 amide bonds. The van der Waals surface area contributed by atoms with Gasteiger partial charge in [-0.25, -0.2) is 9.97 Å². The molecule has 7 heteroatoms. The molecule has 2 aromatic heterocycles. The molecule has 0 aromatic carbocycles. The molecule has 0 spiro atoms. The van der Waals surface area contributed by atoms with Crippen LogP contribution in [-0.2, 0) is 4.79 Å². The van der Waals surface area contributed by atoms with E-state index >= 15 is 0 Å². The maximum Gasteiger partial charge on any atom is 0.240 e. The molecule has 124 valence electrons. The summed E-state index contributed by atoms with van der Waals surface area (Å²) in [5, 5.41) is 3.12. The number of fused-ring (bicyclic) bond motifs is 1. The number of carbonyl (C=O) groups excluding carboxylic acids is 1. The van der Waals surface area contributed by atoms with E-state index in [1.807, 2.05) is 31.1 Å². The van der Waals surface area contributed by atoms with Gasteiger partial charge < -0.3 is 15.5 Å². The van der Waals surface area contributed by atoms with Crippen LogP contribution in [0.3, 0.4) is 0 Å². The molecule has 2 N–H and O–H groups in total. The molecule has 6 nitrogen and oxygen atoms in total. The Hall–Kier alpha value is -1.73. The first-order valence-electron chi connectivity index (χ1n) is 7.85. The van der Waals surface area contributed by atoms with Crippen LogP contribution in [0.4, 0.5) is 5.82 Å². The van der Waals surface area contributed by atoms with Crippen LogP contribution in [0.5, 0.6) is 0 Å². The Bertz CT molecular complexity index is 700. The van der Waals surface area contributed by atoms with E-state index < -0.39 is 6.04 Å². The van der Waals surface area contributed by atoms with Crippen molar-refractivity contribution < 1.29 is 4.79 Å². The van der Waals surface area contributed by atoms with Crippen molar-refractivity contribution >= 4 is 33.3 Å². The quantitative estimate of drug-likeness (QED) is 0.905. The first-order chi connectivity index (χ1) is 10.9. The molecule has 1 saturated heterocycles. The van der Waals surface area contributed by atoms with Crippen molar-refractivity contribution in [3.63, 3.8) is 0 Å². The molecule has 1 aliphatic rings. The van der Waals surface area contributed by atoms with E-state index in [9.17, 15) is 4.79 Å². The van der Waals surface area contributed by atoms with E-state index in [-0.39, 0.29) is 11.3 Å². The van der Waals surface area contributed by atoms with Gasteiger partial charge in [-0.15, -0.1) is 11.3 Å². The van der Waals surface area contributed by atoms with E-state index in [1.54, 1.807) is 17.7 Å². The average molecular weight is 333 g/mol. The number of piperazine rings is 1. The number of aromatic nitrogens is 2. The van der Waals surface area contributed by atoms with Crippen molar-refractivity contribution in [1.29, 1.82) is 0 Å². The summed E-state index contributed by atoms with van der Waals surface area (Å²) in [7, 11) is 0. The van der Waals surface area contributed by atoms with E-state index in [0.717, 1.165) is 29.1 Å². The molecule has 0 aliphatic carbocycles. The lowest BCUT2D eigenvalue weighted by atomic mass is 9.86. The Kier molecular flexibility index (Phi) is 4.25. The summed E-state index contributed by atoms with van der Waals surface area (Å²) in [4.78, 5) is 26.3. The van der Waals surface area contributed by atoms with Crippen molar-refractivity contribution in [3.05, 3.63) is 17.8 Å². The number of hydrogen-bond donors (Lipinski definition) is 1. The second-order valence-electron chi connectivity index (χ2n) is 6.99. The zero-order chi connectivity index (χ0) is 16.6. The highest BCUT2D eigenvalue weighted by Gasteiger charge is 2.32. The van der Waals surface area contributed by atoms with Crippen LogP contribution in [-0.4, -0.2) is 53.0 Å². The largest absolute Gasteiger partial charge is 0.352 e. The lowest BCUT2D eigenvalue weighted by Crippen LogP contribution is -2.56. The van der Waals surface area contributed by atoms with Crippen molar-refractivity contribution in [2.75, 3.05) is 31.1 Å². The van der Waals surface area contributed by atoms with Gasteiger partial charge in [0.25, 0.3) is 0 Å². The number of amides is 1. The maximum atomic E-state index is 12.5. The Labute approximate surface area is 140 Å². The van der Waals surface area contributed by atoms with Crippen LogP contribution in [0.2, 0.25) is 0 Å². The highest BCUT2D eigenvalue weighted by atomic mass is 32.1. The third kappa shape index (κ3) is 3.16. The summed E-state index contributed by atoms with van der Waals surface area (Å²) < 4.78 is 0. The predicted octanol–water partition coefficient (Wildman–Crippen LogP) is 1.71. The van der Waals surface area contributed by atoms with Crippen LogP contribution in [0.15, 0.2) is 17.8 Å². The molecule has 0 unspecified atom stereocenters. The van der Waals surface area contributed by atoms with Crippen molar-refractivity contribution in [3.8, 4) is 0 Å². The van der Waals surface area contributed by atoms with Gasteiger partial charge in [-0.1, -0.05) is 20.8 Å². The fraction of sp³-hybridized carbons (Fsp3) is 0.562. The van der Waals surface area contributed by atoms with Gasteiger partial charge in [-0.3, -0.25) is 4.79 Å². The number of nitrogens with zero attached hydrogens (tertiary/aromatic N) is 4. The molecule has 23 heavy (non-hydrogen) atoms. The molecular formula is C16H23N5OS. The fourth-order valence-electron chi connectivity index (χ4n) is 2.73.